The normalized spacial score (nSPS) is 11.7. The molecule has 0 aliphatic heterocycles. The molecule has 0 aromatic rings. The van der Waals surface area contributed by atoms with E-state index >= 15 is 0 Å². The number of hydrogen-bond donors (Lipinski definition) is 0. The van der Waals surface area contributed by atoms with E-state index < -0.39 is 11.6 Å². The lowest BCUT2D eigenvalue weighted by Crippen LogP contribution is -2.27. The van der Waals surface area contributed by atoms with E-state index in [1.807, 2.05) is 20.8 Å². The molecule has 0 heterocycles. The van der Waals surface area contributed by atoms with Gasteiger partial charge in [-0.15, -0.1) is 0 Å². The summed E-state index contributed by atoms with van der Waals surface area (Å²) < 4.78 is 74.9. The maximum absolute atomic E-state index is 11.5. The van der Waals surface area contributed by atoms with Gasteiger partial charge in [-0.25, -0.2) is 4.79 Å². The number of ether oxygens (including phenoxy) is 14. The van der Waals surface area contributed by atoms with Crippen molar-refractivity contribution >= 4 is 11.9 Å². The van der Waals surface area contributed by atoms with E-state index in [9.17, 15) is 9.59 Å². The highest BCUT2D eigenvalue weighted by atomic mass is 16.6. The molecule has 0 amide bonds. The van der Waals surface area contributed by atoms with Crippen LogP contribution in [0.5, 0.6) is 0 Å². The Bertz CT molecular complexity index is 707. The zero-order valence-electron chi connectivity index (χ0n) is 30.4. The number of hydrogen-bond acceptors (Lipinski definition) is 16. The molecule has 292 valence electrons. The van der Waals surface area contributed by atoms with Crippen molar-refractivity contribution in [2.45, 2.75) is 39.7 Å². The Morgan fingerprint density at radius 3 is 0.857 bits per heavy atom. The van der Waals surface area contributed by atoms with Gasteiger partial charge in [-0.05, 0) is 27.7 Å². The van der Waals surface area contributed by atoms with Crippen LogP contribution in [0.15, 0.2) is 0 Å². The lowest BCUT2D eigenvalue weighted by atomic mass is 10.2. The lowest BCUT2D eigenvalue weighted by molar-refractivity contribution is -0.160. The van der Waals surface area contributed by atoms with E-state index in [0.717, 1.165) is 0 Å². The van der Waals surface area contributed by atoms with Gasteiger partial charge in [0.2, 0.25) is 0 Å². The first kappa shape index (κ1) is 47.5. The van der Waals surface area contributed by atoms with Crippen molar-refractivity contribution in [3.05, 3.63) is 0 Å². The summed E-state index contributed by atoms with van der Waals surface area (Å²) in [6, 6.07) is 0. The summed E-state index contributed by atoms with van der Waals surface area (Å²) in [4.78, 5) is 22.7. The third-order valence-electron chi connectivity index (χ3n) is 5.49. The van der Waals surface area contributed by atoms with E-state index in [2.05, 4.69) is 0 Å². The average molecular weight is 717 g/mol. The van der Waals surface area contributed by atoms with Crippen molar-refractivity contribution in [1.29, 1.82) is 0 Å². The molecule has 16 nitrogen and oxygen atoms in total. The first-order chi connectivity index (χ1) is 23.8. The lowest BCUT2D eigenvalue weighted by Gasteiger charge is -2.19. The highest BCUT2D eigenvalue weighted by Gasteiger charge is 2.15. The predicted molar refractivity (Wildman–Crippen MR) is 177 cm³/mol. The second kappa shape index (κ2) is 37.7. The van der Waals surface area contributed by atoms with Crippen LogP contribution >= 0.6 is 0 Å². The molecule has 16 heteroatoms. The Balaban J connectivity index is 3.11. The fraction of sp³-hybridized carbons (Fsp3) is 0.939. The van der Waals surface area contributed by atoms with Crippen molar-refractivity contribution in [1.82, 2.24) is 0 Å². The van der Waals surface area contributed by atoms with Gasteiger partial charge in [-0.2, -0.15) is 0 Å². The number of carbonyl (C=O) groups is 2. The summed E-state index contributed by atoms with van der Waals surface area (Å²) in [7, 11) is 0. The van der Waals surface area contributed by atoms with Gasteiger partial charge in [-0.1, -0.05) is 0 Å². The summed E-state index contributed by atoms with van der Waals surface area (Å²) in [6.07, 6.45) is 0.251. The summed E-state index contributed by atoms with van der Waals surface area (Å²) >= 11 is 0. The van der Waals surface area contributed by atoms with E-state index in [0.29, 0.717) is 159 Å². The van der Waals surface area contributed by atoms with Gasteiger partial charge in [0, 0.05) is 0 Å². The number of esters is 2. The second-order valence-corrected chi connectivity index (χ2v) is 10.9. The van der Waals surface area contributed by atoms with Gasteiger partial charge in [0.1, 0.15) is 12.2 Å². The molecule has 0 fully saturated rings. The molecule has 0 atom stereocenters. The van der Waals surface area contributed by atoms with Crippen LogP contribution in [-0.4, -0.2) is 183 Å². The summed E-state index contributed by atoms with van der Waals surface area (Å²) in [5.74, 6) is -0.645. The summed E-state index contributed by atoms with van der Waals surface area (Å²) in [5, 5.41) is 0. The maximum atomic E-state index is 11.5. The monoisotopic (exact) mass is 716 g/mol. The first-order valence-electron chi connectivity index (χ1n) is 17.2. The average Bonchev–Trinajstić information content (AvgIpc) is 3.05. The minimum Gasteiger partial charge on any atom is -0.466 e. The van der Waals surface area contributed by atoms with Crippen molar-refractivity contribution in [2.24, 2.45) is 0 Å². The highest BCUT2D eigenvalue weighted by molar-refractivity contribution is 5.71. The minimum absolute atomic E-state index is 0.0873. The van der Waals surface area contributed by atoms with E-state index in [1.165, 1.54) is 0 Å². The molecule has 0 spiro atoms. The molecule has 0 aromatic heterocycles. The van der Waals surface area contributed by atoms with Crippen LogP contribution in [0, 0.1) is 0 Å². The Labute approximate surface area is 292 Å². The third kappa shape index (κ3) is 42.5. The molecule has 0 saturated heterocycles. The van der Waals surface area contributed by atoms with Gasteiger partial charge >= 0.3 is 11.9 Å². The Morgan fingerprint density at radius 1 is 0.367 bits per heavy atom. The van der Waals surface area contributed by atoms with Crippen molar-refractivity contribution in [2.75, 3.05) is 165 Å². The van der Waals surface area contributed by atoms with Crippen molar-refractivity contribution < 1.29 is 75.9 Å². The molecule has 0 saturated carbocycles. The fourth-order valence-corrected chi connectivity index (χ4v) is 3.33. The highest BCUT2D eigenvalue weighted by Crippen LogP contribution is 2.06. The van der Waals surface area contributed by atoms with E-state index in [1.54, 1.807) is 6.92 Å². The zero-order valence-corrected chi connectivity index (χ0v) is 30.4. The second-order valence-electron chi connectivity index (χ2n) is 10.9. The van der Waals surface area contributed by atoms with Gasteiger partial charge < -0.3 is 66.3 Å². The van der Waals surface area contributed by atoms with Crippen molar-refractivity contribution in [3.63, 3.8) is 0 Å². The van der Waals surface area contributed by atoms with Crippen LogP contribution in [0.1, 0.15) is 34.1 Å². The molecule has 49 heavy (non-hydrogen) atoms. The van der Waals surface area contributed by atoms with Crippen LogP contribution < -0.4 is 0 Å². The topological polar surface area (TPSA) is 163 Å². The third-order valence-corrected chi connectivity index (χ3v) is 5.49. The summed E-state index contributed by atoms with van der Waals surface area (Å²) in [6.45, 7) is 18.0. The molecular formula is C33H64O16. The number of carbonyl (C=O) groups excluding carboxylic acids is 2. The summed E-state index contributed by atoms with van der Waals surface area (Å²) in [5.41, 5.74) is -0.515. The minimum atomic E-state index is -0.515. The van der Waals surface area contributed by atoms with E-state index in [-0.39, 0.29) is 19.0 Å². The Hall–Kier alpha value is -1.54. The molecule has 0 N–H and O–H groups in total. The Kier molecular flexibility index (Phi) is 36.5. The van der Waals surface area contributed by atoms with Gasteiger partial charge in [0.25, 0.3) is 0 Å². The largest absolute Gasteiger partial charge is 0.466 e. The van der Waals surface area contributed by atoms with Crippen LogP contribution in [0.4, 0.5) is 0 Å². The van der Waals surface area contributed by atoms with Gasteiger partial charge in [0.15, 0.2) is 0 Å². The molecule has 0 aliphatic carbocycles. The Morgan fingerprint density at radius 2 is 0.612 bits per heavy atom. The molecule has 0 radical (unpaired) electrons. The number of rotatable bonds is 39. The smallest absolute Gasteiger partial charge is 0.332 e. The molecule has 0 bridgehead atoms. The SMILES string of the molecule is CCOC(=O)CCOCCOCCOCCOCCOCCOCCOCCOCCOCCOCCOCCOCC(=O)OC(C)(C)C. The molecule has 0 unspecified atom stereocenters. The maximum Gasteiger partial charge on any atom is 0.332 e. The quantitative estimate of drug-likeness (QED) is 0.0663. The van der Waals surface area contributed by atoms with Crippen LogP contribution in [-0.2, 0) is 75.9 Å². The van der Waals surface area contributed by atoms with Gasteiger partial charge in [0.05, 0.1) is 165 Å². The van der Waals surface area contributed by atoms with Crippen molar-refractivity contribution in [3.8, 4) is 0 Å². The van der Waals surface area contributed by atoms with E-state index in [4.69, 9.17) is 66.3 Å². The predicted octanol–water partition coefficient (Wildman–Crippen LogP) is 1.48. The molecule has 0 rings (SSSR count). The molecular weight excluding hydrogens is 652 g/mol. The standard InChI is InChI=1S/C33H64O16/c1-5-48-31(34)6-7-36-8-9-37-10-11-38-12-13-39-14-15-40-16-17-41-18-19-42-20-21-43-22-23-44-24-25-45-26-27-46-28-29-47-30-32(35)49-33(2,3)4/h5-30H2,1-4H3. The van der Waals surface area contributed by atoms with Gasteiger partial charge in [-0.3, -0.25) is 4.79 Å². The molecule has 0 aromatic carbocycles. The van der Waals surface area contributed by atoms with Crippen LogP contribution in [0.3, 0.4) is 0 Å². The van der Waals surface area contributed by atoms with Crippen LogP contribution in [0.25, 0.3) is 0 Å². The fourth-order valence-electron chi connectivity index (χ4n) is 3.33. The molecule has 0 aliphatic rings. The first-order valence-corrected chi connectivity index (χ1v) is 17.2. The zero-order chi connectivity index (χ0) is 35.9. The van der Waals surface area contributed by atoms with Crippen LogP contribution in [0.2, 0.25) is 0 Å².